The summed E-state index contributed by atoms with van der Waals surface area (Å²) in [6, 6.07) is 4.25. The normalized spacial score (nSPS) is 13.4. The molecule has 1 aromatic heterocycles. The molecule has 0 aliphatic heterocycles. The van der Waals surface area contributed by atoms with Crippen LogP contribution in [-0.4, -0.2) is 4.98 Å². The third-order valence-corrected chi connectivity index (χ3v) is 2.46. The number of hydrogen-bond acceptors (Lipinski definition) is 1. The number of hydrogen-bond donors (Lipinski definition) is 0. The summed E-state index contributed by atoms with van der Waals surface area (Å²) >= 11 is 0. The molecule has 1 atom stereocenters. The van der Waals surface area contributed by atoms with Crippen LogP contribution in [0.3, 0.4) is 0 Å². The van der Waals surface area contributed by atoms with Gasteiger partial charge in [0.05, 0.1) is 0 Å². The van der Waals surface area contributed by atoms with Gasteiger partial charge < -0.3 is 0 Å². The van der Waals surface area contributed by atoms with E-state index >= 15 is 0 Å². The molecule has 66 valence electrons. The maximum atomic E-state index is 4.28. The summed E-state index contributed by atoms with van der Waals surface area (Å²) < 4.78 is 0. The molecule has 0 radical (unpaired) electrons. The van der Waals surface area contributed by atoms with Gasteiger partial charge >= 0.3 is 0 Å². The second-order valence-electron chi connectivity index (χ2n) is 3.77. The van der Waals surface area contributed by atoms with Crippen molar-refractivity contribution in [2.75, 3.05) is 0 Å². The molecule has 0 aliphatic carbocycles. The molecule has 1 heterocycles. The average Bonchev–Trinajstić information content (AvgIpc) is 2.04. The zero-order valence-electron chi connectivity index (χ0n) is 8.33. The molecule has 0 bridgehead atoms. The molecule has 0 aliphatic rings. The molecule has 0 N–H and O–H groups in total. The van der Waals surface area contributed by atoms with Gasteiger partial charge in [0.1, 0.15) is 0 Å². The molecule has 1 aromatic rings. The van der Waals surface area contributed by atoms with Gasteiger partial charge in [0.2, 0.25) is 0 Å². The summed E-state index contributed by atoms with van der Waals surface area (Å²) in [5.41, 5.74) is 2.44. The predicted molar refractivity (Wildman–Crippen MR) is 52.2 cm³/mol. The Kier molecular flexibility index (Phi) is 2.85. The van der Waals surface area contributed by atoms with Crippen LogP contribution in [0.5, 0.6) is 0 Å². The van der Waals surface area contributed by atoms with Gasteiger partial charge in [-0.1, -0.05) is 26.8 Å². The Balaban J connectivity index is 2.82. The molecule has 1 rings (SSSR count). The number of rotatable bonds is 2. The Bertz CT molecular complexity index is 236. The van der Waals surface area contributed by atoms with Crippen molar-refractivity contribution in [2.24, 2.45) is 5.92 Å². The van der Waals surface area contributed by atoms with E-state index in [1.54, 1.807) is 0 Å². The number of aryl methyl sites for hydroxylation is 1. The largest absolute Gasteiger partial charge is 0.261 e. The first-order chi connectivity index (χ1) is 5.61. The fourth-order valence-corrected chi connectivity index (χ4v) is 1.13. The van der Waals surface area contributed by atoms with Crippen LogP contribution >= 0.6 is 0 Å². The Morgan fingerprint density at radius 2 is 1.83 bits per heavy atom. The lowest BCUT2D eigenvalue weighted by molar-refractivity contribution is 0.533. The van der Waals surface area contributed by atoms with Gasteiger partial charge in [0.25, 0.3) is 0 Å². The topological polar surface area (TPSA) is 12.9 Å². The lowest BCUT2D eigenvalue weighted by atomic mass is 9.91. The van der Waals surface area contributed by atoms with Crippen molar-refractivity contribution in [3.8, 4) is 0 Å². The molecule has 0 aromatic carbocycles. The summed E-state index contributed by atoms with van der Waals surface area (Å²) in [5, 5.41) is 0. The minimum atomic E-state index is 0.609. The van der Waals surface area contributed by atoms with Crippen LogP contribution in [0.25, 0.3) is 0 Å². The monoisotopic (exact) mass is 163 g/mol. The van der Waals surface area contributed by atoms with Crippen molar-refractivity contribution in [3.05, 3.63) is 29.6 Å². The van der Waals surface area contributed by atoms with E-state index < -0.39 is 0 Å². The van der Waals surface area contributed by atoms with Crippen LogP contribution in [0.2, 0.25) is 0 Å². The van der Waals surface area contributed by atoms with Gasteiger partial charge in [-0.3, -0.25) is 4.98 Å². The first-order valence-corrected chi connectivity index (χ1v) is 4.54. The van der Waals surface area contributed by atoms with Gasteiger partial charge in [0.15, 0.2) is 0 Å². The standard InChI is InChI=1S/C11H17N/c1-8(2)10(4)11-6-5-9(3)12-7-11/h5-8,10H,1-4H3. The molecule has 0 spiro atoms. The molecular weight excluding hydrogens is 146 g/mol. The van der Waals surface area contributed by atoms with E-state index in [0.29, 0.717) is 11.8 Å². The molecule has 0 amide bonds. The second-order valence-corrected chi connectivity index (χ2v) is 3.77. The van der Waals surface area contributed by atoms with Crippen LogP contribution in [0.15, 0.2) is 18.3 Å². The van der Waals surface area contributed by atoms with Gasteiger partial charge in [-0.25, -0.2) is 0 Å². The molecule has 0 saturated heterocycles. The first-order valence-electron chi connectivity index (χ1n) is 4.54. The number of nitrogens with zero attached hydrogens (tertiary/aromatic N) is 1. The zero-order chi connectivity index (χ0) is 9.14. The molecule has 0 saturated carbocycles. The van der Waals surface area contributed by atoms with E-state index in [9.17, 15) is 0 Å². The number of pyridine rings is 1. The average molecular weight is 163 g/mol. The molecule has 0 fully saturated rings. The van der Waals surface area contributed by atoms with Crippen molar-refractivity contribution in [2.45, 2.75) is 33.6 Å². The summed E-state index contributed by atoms with van der Waals surface area (Å²) in [4.78, 5) is 4.28. The summed E-state index contributed by atoms with van der Waals surface area (Å²) in [6.07, 6.45) is 1.99. The maximum absolute atomic E-state index is 4.28. The molecule has 1 unspecified atom stereocenters. The van der Waals surface area contributed by atoms with E-state index in [-0.39, 0.29) is 0 Å². The predicted octanol–water partition coefficient (Wildman–Crippen LogP) is 3.15. The van der Waals surface area contributed by atoms with Crippen LogP contribution in [0.1, 0.15) is 37.9 Å². The van der Waals surface area contributed by atoms with Gasteiger partial charge in [-0.2, -0.15) is 0 Å². The van der Waals surface area contributed by atoms with Crippen molar-refractivity contribution in [1.82, 2.24) is 4.98 Å². The minimum Gasteiger partial charge on any atom is -0.261 e. The van der Waals surface area contributed by atoms with Crippen LogP contribution < -0.4 is 0 Å². The van der Waals surface area contributed by atoms with Crippen molar-refractivity contribution < 1.29 is 0 Å². The Morgan fingerprint density at radius 1 is 1.17 bits per heavy atom. The van der Waals surface area contributed by atoms with E-state index in [2.05, 4.69) is 37.9 Å². The molecule has 1 nitrogen and oxygen atoms in total. The van der Waals surface area contributed by atoms with Gasteiger partial charge in [-0.05, 0) is 30.4 Å². The SMILES string of the molecule is Cc1ccc(C(C)C(C)C)cn1. The van der Waals surface area contributed by atoms with E-state index in [4.69, 9.17) is 0 Å². The molecule has 1 heteroatoms. The lowest BCUT2D eigenvalue weighted by Crippen LogP contribution is -2.02. The third-order valence-electron chi connectivity index (χ3n) is 2.46. The first kappa shape index (κ1) is 9.24. The quantitative estimate of drug-likeness (QED) is 0.652. The Morgan fingerprint density at radius 3 is 2.25 bits per heavy atom. The number of aromatic nitrogens is 1. The molecule has 12 heavy (non-hydrogen) atoms. The highest BCUT2D eigenvalue weighted by Gasteiger charge is 2.09. The van der Waals surface area contributed by atoms with Gasteiger partial charge in [0, 0.05) is 11.9 Å². The van der Waals surface area contributed by atoms with Crippen LogP contribution in [0.4, 0.5) is 0 Å². The Hall–Kier alpha value is -0.850. The fraction of sp³-hybridized carbons (Fsp3) is 0.545. The van der Waals surface area contributed by atoms with Crippen molar-refractivity contribution in [1.29, 1.82) is 0 Å². The lowest BCUT2D eigenvalue weighted by Gasteiger charge is -2.15. The van der Waals surface area contributed by atoms with E-state index in [1.165, 1.54) is 5.56 Å². The Labute approximate surface area is 74.8 Å². The highest BCUT2D eigenvalue weighted by Crippen LogP contribution is 2.22. The minimum absolute atomic E-state index is 0.609. The van der Waals surface area contributed by atoms with Crippen molar-refractivity contribution >= 4 is 0 Å². The zero-order valence-corrected chi connectivity index (χ0v) is 8.33. The third kappa shape index (κ3) is 2.07. The second kappa shape index (κ2) is 3.70. The molecular formula is C11H17N. The van der Waals surface area contributed by atoms with Crippen molar-refractivity contribution in [3.63, 3.8) is 0 Å². The summed E-state index contributed by atoms with van der Waals surface area (Å²) in [6.45, 7) is 8.75. The van der Waals surface area contributed by atoms with Crippen LogP contribution in [0, 0.1) is 12.8 Å². The maximum Gasteiger partial charge on any atom is 0.0372 e. The van der Waals surface area contributed by atoms with Gasteiger partial charge in [-0.15, -0.1) is 0 Å². The highest BCUT2D eigenvalue weighted by molar-refractivity contribution is 5.17. The summed E-state index contributed by atoms with van der Waals surface area (Å²) in [7, 11) is 0. The fourth-order valence-electron chi connectivity index (χ4n) is 1.13. The smallest absolute Gasteiger partial charge is 0.0372 e. The van der Waals surface area contributed by atoms with Crippen LogP contribution in [-0.2, 0) is 0 Å². The summed E-state index contributed by atoms with van der Waals surface area (Å²) in [5.74, 6) is 1.30. The van der Waals surface area contributed by atoms with E-state index in [0.717, 1.165) is 5.69 Å². The highest BCUT2D eigenvalue weighted by atomic mass is 14.7. The van der Waals surface area contributed by atoms with E-state index in [1.807, 2.05) is 13.1 Å².